The minimum Gasteiger partial charge on any atom is -0.481 e. The predicted molar refractivity (Wildman–Crippen MR) is 165 cm³/mol. The summed E-state index contributed by atoms with van der Waals surface area (Å²) in [5.74, 6) is 0.847. The molecular formula is C31H52O7Si2. The first-order valence-corrected chi connectivity index (χ1v) is 20.0. The van der Waals surface area contributed by atoms with Gasteiger partial charge in [0.2, 0.25) is 0 Å². The lowest BCUT2D eigenvalue weighted by molar-refractivity contribution is -0.137. The summed E-state index contributed by atoms with van der Waals surface area (Å²) in [6.07, 6.45) is 10.7. The lowest BCUT2D eigenvalue weighted by Gasteiger charge is -2.38. The number of carbonyl (C=O) groups is 2. The highest BCUT2D eigenvalue weighted by Gasteiger charge is 2.40. The molecule has 0 saturated heterocycles. The Morgan fingerprint density at radius 2 is 1.30 bits per heavy atom. The molecule has 2 unspecified atom stereocenters. The molecule has 9 heteroatoms. The monoisotopic (exact) mass is 592 g/mol. The zero-order valence-corrected chi connectivity index (χ0v) is 28.3. The molecule has 2 aromatic heterocycles. The predicted octanol–water partition coefficient (Wildman–Crippen LogP) is 9.48. The third kappa shape index (κ3) is 12.1. The highest BCUT2D eigenvalue weighted by molar-refractivity contribution is 6.74. The first-order chi connectivity index (χ1) is 18.4. The number of carboxylic acids is 1. The molecule has 0 bridgehead atoms. The smallest absolute Gasteiger partial charge is 0.303 e. The van der Waals surface area contributed by atoms with Crippen LogP contribution in [0.15, 0.2) is 57.8 Å². The van der Waals surface area contributed by atoms with Gasteiger partial charge in [-0.2, -0.15) is 0 Å². The van der Waals surface area contributed by atoms with E-state index in [4.69, 9.17) is 22.8 Å². The van der Waals surface area contributed by atoms with E-state index in [0.29, 0.717) is 12.8 Å². The van der Waals surface area contributed by atoms with Crippen LogP contribution in [0.4, 0.5) is 0 Å². The van der Waals surface area contributed by atoms with Gasteiger partial charge in [0.25, 0.3) is 0 Å². The molecule has 0 aliphatic rings. The van der Waals surface area contributed by atoms with Crippen molar-refractivity contribution in [1.82, 2.24) is 0 Å². The molecule has 2 atom stereocenters. The van der Waals surface area contributed by atoms with Gasteiger partial charge in [-0.25, -0.2) is 0 Å². The van der Waals surface area contributed by atoms with E-state index in [9.17, 15) is 9.59 Å². The molecule has 0 saturated carbocycles. The van der Waals surface area contributed by atoms with E-state index in [2.05, 4.69) is 73.8 Å². The van der Waals surface area contributed by atoms with Gasteiger partial charge in [-0.05, 0) is 79.8 Å². The van der Waals surface area contributed by atoms with Crippen LogP contribution in [0.3, 0.4) is 0 Å². The molecule has 2 aromatic rings. The number of aldehydes is 1. The number of allylic oxidation sites excluding steroid dienone is 1. The molecule has 7 nitrogen and oxygen atoms in total. The fraction of sp³-hybridized carbons (Fsp3) is 0.613. The topological polar surface area (TPSA) is 99.1 Å². The summed E-state index contributed by atoms with van der Waals surface area (Å²) in [4.78, 5) is 21.2. The van der Waals surface area contributed by atoms with Gasteiger partial charge in [-0.3, -0.25) is 4.79 Å². The lowest BCUT2D eigenvalue weighted by Crippen LogP contribution is -2.41. The van der Waals surface area contributed by atoms with Crippen molar-refractivity contribution in [2.24, 2.45) is 0 Å². The summed E-state index contributed by atoms with van der Waals surface area (Å²) in [6.45, 7) is 22.0. The van der Waals surface area contributed by atoms with Crippen molar-refractivity contribution in [3.63, 3.8) is 0 Å². The summed E-state index contributed by atoms with van der Waals surface area (Å²) in [5.41, 5.74) is 0. The van der Waals surface area contributed by atoms with Gasteiger partial charge in [-0.1, -0.05) is 53.7 Å². The average molecular weight is 593 g/mol. The number of carbonyl (C=O) groups excluding carboxylic acids is 1. The Morgan fingerprint density at radius 1 is 0.850 bits per heavy atom. The molecule has 0 aliphatic carbocycles. The molecule has 0 fully saturated rings. The highest BCUT2D eigenvalue weighted by Crippen LogP contribution is 2.41. The van der Waals surface area contributed by atoms with Crippen LogP contribution in [0.25, 0.3) is 0 Å². The minimum absolute atomic E-state index is 0.0818. The molecule has 1 N–H and O–H groups in total. The van der Waals surface area contributed by atoms with Crippen LogP contribution in [0.2, 0.25) is 36.3 Å². The summed E-state index contributed by atoms with van der Waals surface area (Å²) in [6, 6.07) is 7.52. The molecular weight excluding hydrogens is 541 g/mol. The van der Waals surface area contributed by atoms with Gasteiger partial charge in [0, 0.05) is 12.8 Å². The van der Waals surface area contributed by atoms with E-state index in [0.717, 1.165) is 30.6 Å². The molecule has 226 valence electrons. The zero-order chi connectivity index (χ0) is 30.6. The van der Waals surface area contributed by atoms with Crippen molar-refractivity contribution in [3.8, 4) is 0 Å². The Kier molecular flexibility index (Phi) is 14.1. The third-order valence-corrected chi connectivity index (χ3v) is 16.8. The Balaban J connectivity index is 0.000000418. The maximum Gasteiger partial charge on any atom is 0.303 e. The number of carboxylic acid groups (broad SMARTS) is 1. The molecule has 0 spiro atoms. The second-order valence-electron chi connectivity index (χ2n) is 13.2. The van der Waals surface area contributed by atoms with Gasteiger partial charge in [0.05, 0.1) is 12.5 Å². The minimum atomic E-state index is -1.89. The third-order valence-electron chi connectivity index (χ3n) is 7.80. The van der Waals surface area contributed by atoms with Crippen LogP contribution in [0.5, 0.6) is 0 Å². The molecule has 2 heterocycles. The maximum atomic E-state index is 10.7. The number of aliphatic carboxylic acids is 1. The summed E-state index contributed by atoms with van der Waals surface area (Å²) >= 11 is 0. The van der Waals surface area contributed by atoms with Gasteiger partial charge < -0.3 is 27.6 Å². The number of rotatable bonds is 14. The average Bonchev–Trinajstić information content (AvgIpc) is 3.53. The standard InChI is InChI=1S/C18H30O4Si.C13H22O3Si/c1-18(2,3)23(4,5)22-16(15-12-10-14-21-15)11-8-6-7-9-13-17(19)20;1-13(2,3)17(4,5)16-12(8-9-14)11-7-6-10-15-11/h6,8,10,12,14,16H,7,9,11,13H2,1-5H3,(H,19,20);6-7,9-10,12H,8H2,1-5H3/b8-6-;. The molecule has 40 heavy (non-hydrogen) atoms. The Morgan fingerprint density at radius 3 is 1.65 bits per heavy atom. The highest BCUT2D eigenvalue weighted by atomic mass is 28.4. The van der Waals surface area contributed by atoms with E-state index in [1.807, 2.05) is 30.3 Å². The van der Waals surface area contributed by atoms with Crippen LogP contribution in [0, 0.1) is 0 Å². The van der Waals surface area contributed by atoms with Crippen LogP contribution in [-0.4, -0.2) is 34.0 Å². The molecule has 0 amide bonds. The Labute approximate surface area is 243 Å². The van der Waals surface area contributed by atoms with Crippen molar-refractivity contribution in [2.45, 2.75) is 122 Å². The molecule has 2 rings (SSSR count). The van der Waals surface area contributed by atoms with E-state index < -0.39 is 22.6 Å². The zero-order valence-electron chi connectivity index (χ0n) is 26.3. The van der Waals surface area contributed by atoms with Crippen molar-refractivity contribution in [3.05, 3.63) is 60.5 Å². The van der Waals surface area contributed by atoms with E-state index >= 15 is 0 Å². The largest absolute Gasteiger partial charge is 0.481 e. The van der Waals surface area contributed by atoms with Gasteiger partial charge in [0.1, 0.15) is 30.0 Å². The summed E-state index contributed by atoms with van der Waals surface area (Å²) in [5, 5.41) is 8.90. The number of furan rings is 2. The van der Waals surface area contributed by atoms with E-state index in [1.54, 1.807) is 12.5 Å². The van der Waals surface area contributed by atoms with Gasteiger partial charge in [0.15, 0.2) is 16.6 Å². The molecule has 0 radical (unpaired) electrons. The van der Waals surface area contributed by atoms with E-state index in [1.165, 1.54) is 0 Å². The van der Waals surface area contributed by atoms with Crippen LogP contribution < -0.4 is 0 Å². The second-order valence-corrected chi connectivity index (χ2v) is 22.7. The van der Waals surface area contributed by atoms with Crippen molar-refractivity contribution in [1.29, 1.82) is 0 Å². The lowest BCUT2D eigenvalue weighted by atomic mass is 10.1. The molecule has 0 aromatic carbocycles. The van der Waals surface area contributed by atoms with Crippen molar-refractivity contribution >= 4 is 28.9 Å². The number of unbranched alkanes of at least 4 members (excludes halogenated alkanes) is 1. The first-order valence-electron chi connectivity index (χ1n) is 14.1. The second kappa shape index (κ2) is 15.7. The summed E-state index contributed by atoms with van der Waals surface area (Å²) in [7, 11) is -3.77. The van der Waals surface area contributed by atoms with Crippen molar-refractivity contribution < 1.29 is 32.4 Å². The fourth-order valence-corrected chi connectivity index (χ4v) is 5.81. The Hall–Kier alpha value is -2.21. The maximum absolute atomic E-state index is 10.7. The quantitative estimate of drug-likeness (QED) is 0.101. The van der Waals surface area contributed by atoms with Crippen LogP contribution >= 0.6 is 0 Å². The van der Waals surface area contributed by atoms with Crippen molar-refractivity contribution in [2.75, 3.05) is 0 Å². The summed E-state index contributed by atoms with van der Waals surface area (Å²) < 4.78 is 23.6. The van der Waals surface area contributed by atoms with Crippen LogP contribution in [0.1, 0.15) is 97.4 Å². The normalized spacial score (nSPS) is 14.4. The number of hydrogen-bond donors (Lipinski definition) is 1. The number of hydrogen-bond acceptors (Lipinski definition) is 6. The first kappa shape index (κ1) is 35.8. The van der Waals surface area contributed by atoms with Gasteiger partial charge >= 0.3 is 5.97 Å². The fourth-order valence-electron chi connectivity index (χ4n) is 3.25. The van der Waals surface area contributed by atoms with Crippen LogP contribution in [-0.2, 0) is 18.4 Å². The molecule has 0 aliphatic heterocycles. The van der Waals surface area contributed by atoms with Gasteiger partial charge in [-0.15, -0.1) is 0 Å². The Bertz CT molecular complexity index is 1010. The van der Waals surface area contributed by atoms with E-state index in [-0.39, 0.29) is 28.7 Å². The SMILES string of the molecule is CC(C)(C)[Si](C)(C)OC(C/C=C\CCCC(=O)O)c1ccco1.CC(C)(C)[Si](C)(C)OC(CC=O)c1ccco1.